The van der Waals surface area contributed by atoms with Crippen molar-refractivity contribution in [3.05, 3.63) is 46.7 Å². The van der Waals surface area contributed by atoms with E-state index in [0.717, 1.165) is 35.3 Å². The van der Waals surface area contributed by atoms with E-state index in [-0.39, 0.29) is 0 Å². The summed E-state index contributed by atoms with van der Waals surface area (Å²) in [5, 5.41) is 4.19. The number of halogens is 1. The predicted octanol–water partition coefficient (Wildman–Crippen LogP) is 2.43. The van der Waals surface area contributed by atoms with Gasteiger partial charge in [0.15, 0.2) is 0 Å². The molecule has 0 aliphatic carbocycles. The van der Waals surface area contributed by atoms with Crippen LogP contribution in [0.1, 0.15) is 11.3 Å². The lowest BCUT2D eigenvalue weighted by Crippen LogP contribution is -2.18. The zero-order valence-corrected chi connectivity index (χ0v) is 12.3. The highest BCUT2D eigenvalue weighted by molar-refractivity contribution is 6.31. The summed E-state index contributed by atoms with van der Waals surface area (Å²) < 4.78 is 2.08. The SMILES string of the molecule is CN(C)c1ncc(CNCc2ccccc2Cl)n1C. The van der Waals surface area contributed by atoms with Crippen LogP contribution in [0.4, 0.5) is 5.95 Å². The third-order valence-corrected chi connectivity index (χ3v) is 3.41. The van der Waals surface area contributed by atoms with Crippen molar-refractivity contribution in [1.29, 1.82) is 0 Å². The highest BCUT2D eigenvalue weighted by Gasteiger charge is 2.07. The van der Waals surface area contributed by atoms with E-state index in [1.54, 1.807) is 0 Å². The molecule has 0 fully saturated rings. The van der Waals surface area contributed by atoms with Gasteiger partial charge in [0, 0.05) is 39.3 Å². The summed E-state index contributed by atoms with van der Waals surface area (Å²) in [6.45, 7) is 1.52. The van der Waals surface area contributed by atoms with Crippen molar-refractivity contribution in [2.45, 2.75) is 13.1 Å². The molecule has 0 amide bonds. The summed E-state index contributed by atoms with van der Waals surface area (Å²) in [5.74, 6) is 0.953. The average molecular weight is 279 g/mol. The number of aromatic nitrogens is 2. The lowest BCUT2D eigenvalue weighted by molar-refractivity contribution is 0.654. The van der Waals surface area contributed by atoms with Crippen LogP contribution in [0.3, 0.4) is 0 Å². The molecule has 0 radical (unpaired) electrons. The fourth-order valence-electron chi connectivity index (χ4n) is 1.98. The van der Waals surface area contributed by atoms with Gasteiger partial charge in [0.25, 0.3) is 0 Å². The molecule has 0 spiro atoms. The molecule has 4 nitrogen and oxygen atoms in total. The van der Waals surface area contributed by atoms with Gasteiger partial charge in [-0.15, -0.1) is 0 Å². The average Bonchev–Trinajstić information content (AvgIpc) is 2.74. The van der Waals surface area contributed by atoms with Gasteiger partial charge < -0.3 is 14.8 Å². The molecular weight excluding hydrogens is 260 g/mol. The summed E-state index contributed by atoms with van der Waals surface area (Å²) in [7, 11) is 6.00. The second-order valence-corrected chi connectivity index (χ2v) is 5.11. The van der Waals surface area contributed by atoms with Crippen molar-refractivity contribution < 1.29 is 0 Å². The van der Waals surface area contributed by atoms with E-state index in [9.17, 15) is 0 Å². The van der Waals surface area contributed by atoms with Crippen molar-refractivity contribution in [2.24, 2.45) is 7.05 Å². The summed E-state index contributed by atoms with van der Waals surface area (Å²) >= 11 is 6.12. The topological polar surface area (TPSA) is 33.1 Å². The molecule has 0 unspecified atom stereocenters. The third-order valence-electron chi connectivity index (χ3n) is 3.04. The van der Waals surface area contributed by atoms with Crippen molar-refractivity contribution >= 4 is 17.5 Å². The third kappa shape index (κ3) is 3.28. The predicted molar refractivity (Wildman–Crippen MR) is 79.5 cm³/mol. The first-order chi connectivity index (χ1) is 9.09. The zero-order valence-electron chi connectivity index (χ0n) is 11.5. The van der Waals surface area contributed by atoms with Crippen LogP contribution in [0.25, 0.3) is 0 Å². The van der Waals surface area contributed by atoms with Crippen LogP contribution in [0.5, 0.6) is 0 Å². The fraction of sp³-hybridized carbons (Fsp3) is 0.357. The van der Waals surface area contributed by atoms with E-state index in [4.69, 9.17) is 11.6 Å². The number of nitrogens with zero attached hydrogens (tertiary/aromatic N) is 3. The van der Waals surface area contributed by atoms with Crippen LogP contribution in [0, 0.1) is 0 Å². The Kier molecular flexibility index (Phi) is 4.45. The number of imidazole rings is 1. The van der Waals surface area contributed by atoms with Crippen LogP contribution in [0.2, 0.25) is 5.02 Å². The second-order valence-electron chi connectivity index (χ2n) is 4.70. The summed E-state index contributed by atoms with van der Waals surface area (Å²) in [6.07, 6.45) is 1.90. The molecule has 0 atom stereocenters. The Hall–Kier alpha value is -1.52. The largest absolute Gasteiger partial charge is 0.348 e. The van der Waals surface area contributed by atoms with E-state index in [1.807, 2.05) is 56.5 Å². The molecule has 5 heteroatoms. The Morgan fingerprint density at radius 1 is 1.26 bits per heavy atom. The quantitative estimate of drug-likeness (QED) is 0.912. The monoisotopic (exact) mass is 278 g/mol. The lowest BCUT2D eigenvalue weighted by Gasteiger charge is -2.13. The van der Waals surface area contributed by atoms with E-state index in [2.05, 4.69) is 14.9 Å². The number of benzene rings is 1. The first kappa shape index (κ1) is 13.9. The zero-order chi connectivity index (χ0) is 13.8. The van der Waals surface area contributed by atoms with Gasteiger partial charge in [-0.25, -0.2) is 4.98 Å². The smallest absolute Gasteiger partial charge is 0.204 e. The van der Waals surface area contributed by atoms with Gasteiger partial charge >= 0.3 is 0 Å². The highest BCUT2D eigenvalue weighted by Crippen LogP contribution is 2.15. The van der Waals surface area contributed by atoms with Gasteiger partial charge in [0.2, 0.25) is 5.95 Å². The molecule has 0 saturated carbocycles. The molecular formula is C14H19ClN4. The maximum Gasteiger partial charge on any atom is 0.204 e. The number of hydrogen-bond acceptors (Lipinski definition) is 3. The highest BCUT2D eigenvalue weighted by atomic mass is 35.5. The van der Waals surface area contributed by atoms with Crippen molar-refractivity contribution in [3.8, 4) is 0 Å². The molecule has 0 bridgehead atoms. The maximum atomic E-state index is 6.12. The Morgan fingerprint density at radius 2 is 2.00 bits per heavy atom. The summed E-state index contributed by atoms with van der Waals surface area (Å²) in [6, 6.07) is 7.88. The summed E-state index contributed by atoms with van der Waals surface area (Å²) in [5.41, 5.74) is 2.26. The number of rotatable bonds is 5. The van der Waals surface area contributed by atoms with Crippen molar-refractivity contribution in [1.82, 2.24) is 14.9 Å². The lowest BCUT2D eigenvalue weighted by atomic mass is 10.2. The Balaban J connectivity index is 1.95. The van der Waals surface area contributed by atoms with E-state index < -0.39 is 0 Å². The van der Waals surface area contributed by atoms with Crippen molar-refractivity contribution in [3.63, 3.8) is 0 Å². The molecule has 0 saturated heterocycles. The molecule has 102 valence electrons. The molecule has 1 aromatic carbocycles. The van der Waals surface area contributed by atoms with Gasteiger partial charge in [-0.05, 0) is 11.6 Å². The van der Waals surface area contributed by atoms with E-state index in [0.29, 0.717) is 0 Å². The Bertz CT molecular complexity index is 548. The van der Waals surface area contributed by atoms with E-state index in [1.165, 1.54) is 0 Å². The van der Waals surface area contributed by atoms with E-state index >= 15 is 0 Å². The number of hydrogen-bond donors (Lipinski definition) is 1. The van der Waals surface area contributed by atoms with Crippen LogP contribution in [-0.2, 0) is 20.1 Å². The molecule has 0 aliphatic heterocycles. The van der Waals surface area contributed by atoms with Crippen LogP contribution >= 0.6 is 11.6 Å². The minimum atomic E-state index is 0.752. The van der Waals surface area contributed by atoms with Crippen LogP contribution < -0.4 is 10.2 Å². The molecule has 19 heavy (non-hydrogen) atoms. The molecule has 1 heterocycles. The first-order valence-electron chi connectivity index (χ1n) is 6.21. The normalized spacial score (nSPS) is 10.7. The number of nitrogens with one attached hydrogen (secondary N) is 1. The molecule has 0 aliphatic rings. The molecule has 2 aromatic rings. The standard InChI is InChI=1S/C14H19ClN4/c1-18(2)14-17-10-12(19(14)3)9-16-8-11-6-4-5-7-13(11)15/h4-7,10,16H,8-9H2,1-3H3. The maximum absolute atomic E-state index is 6.12. The molecule has 1 N–H and O–H groups in total. The molecule has 1 aromatic heterocycles. The number of anilines is 1. The second kappa shape index (κ2) is 6.08. The minimum absolute atomic E-state index is 0.752. The van der Waals surface area contributed by atoms with Gasteiger partial charge in [-0.2, -0.15) is 0 Å². The fourth-order valence-corrected chi connectivity index (χ4v) is 2.18. The van der Waals surface area contributed by atoms with Crippen molar-refractivity contribution in [2.75, 3.05) is 19.0 Å². The van der Waals surface area contributed by atoms with Gasteiger partial charge in [-0.1, -0.05) is 29.8 Å². The van der Waals surface area contributed by atoms with Crippen LogP contribution in [-0.4, -0.2) is 23.6 Å². The molecule has 2 rings (SSSR count). The first-order valence-corrected chi connectivity index (χ1v) is 6.59. The van der Waals surface area contributed by atoms with Gasteiger partial charge in [0.1, 0.15) is 0 Å². The van der Waals surface area contributed by atoms with Gasteiger partial charge in [-0.3, -0.25) is 0 Å². The Morgan fingerprint density at radius 3 is 2.63 bits per heavy atom. The Labute approximate surface area is 119 Å². The van der Waals surface area contributed by atoms with Crippen LogP contribution in [0.15, 0.2) is 30.5 Å². The van der Waals surface area contributed by atoms with Gasteiger partial charge in [0.05, 0.1) is 11.9 Å². The minimum Gasteiger partial charge on any atom is -0.348 e. The summed E-state index contributed by atoms with van der Waals surface area (Å²) in [4.78, 5) is 6.38.